The van der Waals surface area contributed by atoms with Gasteiger partial charge < -0.3 is 10.1 Å². The minimum absolute atomic E-state index is 0.127. The van der Waals surface area contributed by atoms with Crippen molar-refractivity contribution in [1.29, 1.82) is 0 Å². The first-order chi connectivity index (χ1) is 11.8. The lowest BCUT2D eigenvalue weighted by Gasteiger charge is -2.11. The van der Waals surface area contributed by atoms with E-state index in [0.29, 0.717) is 17.4 Å². The number of methoxy groups -OCH3 is 1. The normalized spacial score (nSPS) is 11.4. The summed E-state index contributed by atoms with van der Waals surface area (Å²) in [6.45, 7) is 3.69. The van der Waals surface area contributed by atoms with Crippen LogP contribution in [0.15, 0.2) is 53.4 Å². The molecule has 0 aliphatic rings. The van der Waals surface area contributed by atoms with E-state index in [1.165, 1.54) is 19.2 Å². The van der Waals surface area contributed by atoms with E-state index >= 15 is 0 Å². The van der Waals surface area contributed by atoms with E-state index in [9.17, 15) is 13.2 Å². The Morgan fingerprint density at radius 1 is 1.08 bits per heavy atom. The third-order valence-electron chi connectivity index (χ3n) is 3.66. The van der Waals surface area contributed by atoms with Crippen molar-refractivity contribution in [3.63, 3.8) is 0 Å². The van der Waals surface area contributed by atoms with Gasteiger partial charge in [0.25, 0.3) is 0 Å². The molecule has 0 aromatic heterocycles. The van der Waals surface area contributed by atoms with E-state index in [2.05, 4.69) is 10.0 Å². The van der Waals surface area contributed by atoms with Crippen LogP contribution in [0, 0.1) is 0 Å². The summed E-state index contributed by atoms with van der Waals surface area (Å²) in [6, 6.07) is 13.5. The second-order valence-electron chi connectivity index (χ2n) is 5.80. The van der Waals surface area contributed by atoms with Crippen molar-refractivity contribution in [3.05, 3.63) is 54.1 Å². The van der Waals surface area contributed by atoms with E-state index in [-0.39, 0.29) is 11.4 Å². The number of carbonyl (C=O) groups is 1. The van der Waals surface area contributed by atoms with Crippen molar-refractivity contribution in [1.82, 2.24) is 4.72 Å². The first-order valence-corrected chi connectivity index (χ1v) is 9.34. The summed E-state index contributed by atoms with van der Waals surface area (Å²) in [6.07, 6.45) is 0. The molecular weight excluding hydrogens is 340 g/mol. The van der Waals surface area contributed by atoms with Crippen LogP contribution in [0.1, 0.15) is 25.3 Å². The molecule has 0 unspecified atom stereocenters. The van der Waals surface area contributed by atoms with Crippen LogP contribution in [-0.2, 0) is 14.8 Å². The fourth-order valence-corrected chi connectivity index (χ4v) is 3.20. The Morgan fingerprint density at radius 2 is 1.72 bits per heavy atom. The Morgan fingerprint density at radius 3 is 2.32 bits per heavy atom. The molecule has 0 fully saturated rings. The van der Waals surface area contributed by atoms with Gasteiger partial charge in [-0.3, -0.25) is 4.79 Å². The largest absolute Gasteiger partial charge is 0.495 e. The van der Waals surface area contributed by atoms with Gasteiger partial charge in [0.1, 0.15) is 5.75 Å². The summed E-state index contributed by atoms with van der Waals surface area (Å²) < 4.78 is 32.0. The second kappa shape index (κ2) is 8.13. The summed E-state index contributed by atoms with van der Waals surface area (Å²) in [5.74, 6) is 0.339. The molecule has 0 atom stereocenters. The van der Waals surface area contributed by atoms with E-state index in [4.69, 9.17) is 4.74 Å². The Labute approximate surface area is 148 Å². The molecule has 25 heavy (non-hydrogen) atoms. The highest BCUT2D eigenvalue weighted by Crippen LogP contribution is 2.22. The van der Waals surface area contributed by atoms with Crippen molar-refractivity contribution in [3.8, 4) is 5.75 Å². The summed E-state index contributed by atoms with van der Waals surface area (Å²) >= 11 is 0. The fourth-order valence-electron chi connectivity index (χ4n) is 2.22. The lowest BCUT2D eigenvalue weighted by Crippen LogP contribution is -2.33. The van der Waals surface area contributed by atoms with Crippen molar-refractivity contribution in [2.24, 2.45) is 0 Å². The van der Waals surface area contributed by atoms with Crippen molar-refractivity contribution < 1.29 is 17.9 Å². The molecule has 0 radical (unpaired) electrons. The van der Waals surface area contributed by atoms with Crippen molar-refractivity contribution >= 4 is 21.6 Å². The van der Waals surface area contributed by atoms with E-state index < -0.39 is 15.9 Å². The predicted octanol–water partition coefficient (Wildman–Crippen LogP) is 2.74. The molecule has 0 aliphatic heterocycles. The van der Waals surface area contributed by atoms with Gasteiger partial charge in [-0.25, -0.2) is 13.1 Å². The van der Waals surface area contributed by atoms with Gasteiger partial charge in [-0.1, -0.05) is 38.1 Å². The Bertz CT molecular complexity index is 830. The third kappa shape index (κ3) is 5.04. The fraction of sp³-hybridized carbons (Fsp3) is 0.278. The molecular formula is C18H22N2O4S. The highest BCUT2D eigenvalue weighted by Gasteiger charge is 2.16. The Hall–Kier alpha value is -2.38. The predicted molar refractivity (Wildman–Crippen MR) is 97.3 cm³/mol. The highest BCUT2D eigenvalue weighted by atomic mass is 32.2. The molecule has 0 saturated carbocycles. The van der Waals surface area contributed by atoms with Crippen molar-refractivity contribution in [2.45, 2.75) is 24.7 Å². The summed E-state index contributed by atoms with van der Waals surface area (Å²) in [7, 11) is -2.25. The molecule has 2 aromatic carbocycles. The number of hydrogen-bond acceptors (Lipinski definition) is 4. The minimum atomic E-state index is -3.75. The van der Waals surface area contributed by atoms with Crippen molar-refractivity contribution in [2.75, 3.05) is 19.0 Å². The minimum Gasteiger partial charge on any atom is -0.495 e. The maximum absolute atomic E-state index is 12.3. The second-order valence-corrected chi connectivity index (χ2v) is 7.56. The smallest absolute Gasteiger partial charge is 0.241 e. The maximum atomic E-state index is 12.3. The molecule has 2 rings (SSSR count). The van der Waals surface area contributed by atoms with Gasteiger partial charge in [-0.2, -0.15) is 0 Å². The van der Waals surface area contributed by atoms with Crippen LogP contribution in [0.3, 0.4) is 0 Å². The zero-order valence-corrected chi connectivity index (χ0v) is 15.3. The molecule has 2 N–H and O–H groups in total. The van der Waals surface area contributed by atoms with Gasteiger partial charge in [0.2, 0.25) is 15.9 Å². The van der Waals surface area contributed by atoms with Crippen LogP contribution in [0.5, 0.6) is 5.75 Å². The molecule has 0 saturated heterocycles. The lowest BCUT2D eigenvalue weighted by molar-refractivity contribution is -0.115. The molecule has 0 heterocycles. The Kier molecular flexibility index (Phi) is 6.17. The van der Waals surface area contributed by atoms with Gasteiger partial charge >= 0.3 is 0 Å². The van der Waals surface area contributed by atoms with Crippen LogP contribution < -0.4 is 14.8 Å². The zero-order chi connectivity index (χ0) is 18.4. The first kappa shape index (κ1) is 19.0. The number of benzene rings is 2. The van der Waals surface area contributed by atoms with Crippen LogP contribution in [0.2, 0.25) is 0 Å². The maximum Gasteiger partial charge on any atom is 0.241 e. The molecule has 6 nitrogen and oxygen atoms in total. The Balaban J connectivity index is 2.00. The average Bonchev–Trinajstić information content (AvgIpc) is 2.60. The zero-order valence-electron chi connectivity index (χ0n) is 14.4. The number of nitrogens with one attached hydrogen (secondary N) is 2. The molecule has 0 aliphatic carbocycles. The molecule has 134 valence electrons. The topological polar surface area (TPSA) is 84.5 Å². The van der Waals surface area contributed by atoms with E-state index in [0.717, 1.165) is 5.56 Å². The van der Waals surface area contributed by atoms with Crippen LogP contribution in [0.4, 0.5) is 5.69 Å². The number of amides is 1. The molecule has 1 amide bonds. The molecule has 0 spiro atoms. The summed E-state index contributed by atoms with van der Waals surface area (Å²) in [5.41, 5.74) is 1.53. The van der Waals surface area contributed by atoms with Gasteiger partial charge in [-0.15, -0.1) is 0 Å². The highest BCUT2D eigenvalue weighted by molar-refractivity contribution is 7.89. The quantitative estimate of drug-likeness (QED) is 0.793. The standard InChI is InChI=1S/C18H22N2O4S/c1-13(2)14-8-10-15(11-9-14)25(22,23)19-12-18(21)20-16-6-4-5-7-17(16)24-3/h4-11,13,19H,12H2,1-3H3,(H,20,21). The van der Waals surface area contributed by atoms with Crippen LogP contribution in [0.25, 0.3) is 0 Å². The number of anilines is 1. The molecule has 2 aromatic rings. The summed E-state index contributed by atoms with van der Waals surface area (Å²) in [4.78, 5) is 12.1. The number of ether oxygens (including phenoxy) is 1. The van der Waals surface area contributed by atoms with Gasteiger partial charge in [0.05, 0.1) is 24.2 Å². The number of hydrogen-bond donors (Lipinski definition) is 2. The monoisotopic (exact) mass is 362 g/mol. The lowest BCUT2D eigenvalue weighted by atomic mass is 10.0. The van der Waals surface area contributed by atoms with Crippen LogP contribution in [-0.4, -0.2) is 28.0 Å². The van der Waals surface area contributed by atoms with Gasteiger partial charge in [0, 0.05) is 0 Å². The van der Waals surface area contributed by atoms with E-state index in [1.807, 2.05) is 13.8 Å². The average molecular weight is 362 g/mol. The van der Waals surface area contributed by atoms with Gasteiger partial charge in [0.15, 0.2) is 0 Å². The molecule has 7 heteroatoms. The number of para-hydroxylation sites is 2. The number of carbonyl (C=O) groups excluding carboxylic acids is 1. The van der Waals surface area contributed by atoms with E-state index in [1.54, 1.807) is 36.4 Å². The number of rotatable bonds is 7. The third-order valence-corrected chi connectivity index (χ3v) is 5.08. The van der Waals surface area contributed by atoms with Gasteiger partial charge in [-0.05, 0) is 35.7 Å². The number of sulfonamides is 1. The SMILES string of the molecule is COc1ccccc1NC(=O)CNS(=O)(=O)c1ccc(C(C)C)cc1. The first-order valence-electron chi connectivity index (χ1n) is 7.86. The summed E-state index contributed by atoms with van der Waals surface area (Å²) in [5, 5.41) is 2.62. The molecule has 0 bridgehead atoms. The van der Waals surface area contributed by atoms with Crippen LogP contribution >= 0.6 is 0 Å².